The Morgan fingerprint density at radius 3 is 2.85 bits per heavy atom. The van der Waals surface area contributed by atoms with E-state index in [9.17, 15) is 4.79 Å². The van der Waals surface area contributed by atoms with E-state index in [0.717, 1.165) is 38.0 Å². The molecule has 1 saturated heterocycles. The Morgan fingerprint density at radius 2 is 2.20 bits per heavy atom. The molecule has 1 amide bonds. The van der Waals surface area contributed by atoms with Crippen LogP contribution in [-0.4, -0.2) is 25.5 Å². The monoisotopic (exact) mass is 274 g/mol. The van der Waals surface area contributed by atoms with Crippen LogP contribution in [0.3, 0.4) is 0 Å². The molecule has 2 atom stereocenters. The number of carbonyl (C=O) groups is 1. The molecular weight excluding hydrogens is 248 g/mol. The molecule has 0 aromatic heterocycles. The summed E-state index contributed by atoms with van der Waals surface area (Å²) < 4.78 is 0. The van der Waals surface area contributed by atoms with Gasteiger partial charge in [-0.3, -0.25) is 4.79 Å². The van der Waals surface area contributed by atoms with Crippen molar-refractivity contribution >= 4 is 5.91 Å². The van der Waals surface area contributed by atoms with E-state index in [1.54, 1.807) is 0 Å². The van der Waals surface area contributed by atoms with Crippen LogP contribution in [-0.2, 0) is 4.79 Å². The first-order valence-corrected chi connectivity index (χ1v) is 7.84. The summed E-state index contributed by atoms with van der Waals surface area (Å²) in [7, 11) is 0. The largest absolute Gasteiger partial charge is 0.355 e. The van der Waals surface area contributed by atoms with Crippen LogP contribution in [0.15, 0.2) is 30.3 Å². The van der Waals surface area contributed by atoms with Crippen molar-refractivity contribution in [2.45, 2.75) is 38.5 Å². The van der Waals surface area contributed by atoms with Crippen LogP contribution in [0, 0.1) is 5.92 Å². The highest BCUT2D eigenvalue weighted by Crippen LogP contribution is 2.21. The van der Waals surface area contributed by atoms with Crippen LogP contribution in [0.4, 0.5) is 0 Å². The van der Waals surface area contributed by atoms with Gasteiger partial charge in [0.1, 0.15) is 0 Å². The SMILES string of the molecule is CCCC(C(=O)NCC1CCCNC1)c1ccccc1. The molecule has 1 heterocycles. The number of carbonyl (C=O) groups excluding carboxylic acids is 1. The van der Waals surface area contributed by atoms with Crippen molar-refractivity contribution in [3.63, 3.8) is 0 Å². The number of hydrogen-bond donors (Lipinski definition) is 2. The predicted octanol–water partition coefficient (Wildman–Crippen LogP) is 2.69. The second-order valence-electron chi connectivity index (χ2n) is 5.71. The van der Waals surface area contributed by atoms with E-state index in [-0.39, 0.29) is 11.8 Å². The van der Waals surface area contributed by atoms with Crippen LogP contribution in [0.5, 0.6) is 0 Å². The van der Waals surface area contributed by atoms with E-state index < -0.39 is 0 Å². The zero-order valence-corrected chi connectivity index (χ0v) is 12.4. The second-order valence-corrected chi connectivity index (χ2v) is 5.71. The van der Waals surface area contributed by atoms with Gasteiger partial charge in [-0.25, -0.2) is 0 Å². The fourth-order valence-corrected chi connectivity index (χ4v) is 2.89. The van der Waals surface area contributed by atoms with Gasteiger partial charge in [-0.1, -0.05) is 43.7 Å². The van der Waals surface area contributed by atoms with Gasteiger partial charge in [0, 0.05) is 6.54 Å². The lowest BCUT2D eigenvalue weighted by Gasteiger charge is -2.24. The minimum absolute atomic E-state index is 0.00208. The van der Waals surface area contributed by atoms with Crippen LogP contribution in [0.2, 0.25) is 0 Å². The molecular formula is C17H26N2O. The summed E-state index contributed by atoms with van der Waals surface area (Å²) in [5.41, 5.74) is 1.13. The maximum atomic E-state index is 12.4. The summed E-state index contributed by atoms with van der Waals surface area (Å²) >= 11 is 0. The molecule has 0 bridgehead atoms. The van der Waals surface area contributed by atoms with Crippen LogP contribution < -0.4 is 10.6 Å². The lowest BCUT2D eigenvalue weighted by molar-refractivity contribution is -0.122. The molecule has 1 aromatic rings. The van der Waals surface area contributed by atoms with E-state index in [1.165, 1.54) is 12.8 Å². The van der Waals surface area contributed by atoms with E-state index in [4.69, 9.17) is 0 Å². The molecule has 20 heavy (non-hydrogen) atoms. The summed E-state index contributed by atoms with van der Waals surface area (Å²) in [6, 6.07) is 10.1. The standard InChI is InChI=1S/C17H26N2O/c1-2-7-16(15-9-4-3-5-10-15)17(20)19-13-14-8-6-11-18-12-14/h3-5,9-10,14,16,18H,2,6-8,11-13H2,1H3,(H,19,20). The van der Waals surface area contributed by atoms with E-state index in [1.807, 2.05) is 18.2 Å². The summed E-state index contributed by atoms with van der Waals surface area (Å²) in [5, 5.41) is 6.55. The lowest BCUT2D eigenvalue weighted by atomic mass is 9.93. The number of nitrogens with one attached hydrogen (secondary N) is 2. The fourth-order valence-electron chi connectivity index (χ4n) is 2.89. The van der Waals surface area contributed by atoms with Crippen LogP contribution in [0.25, 0.3) is 0 Å². The smallest absolute Gasteiger partial charge is 0.227 e. The molecule has 2 rings (SSSR count). The Hall–Kier alpha value is -1.35. The van der Waals surface area contributed by atoms with Gasteiger partial charge < -0.3 is 10.6 Å². The molecule has 1 aliphatic rings. The van der Waals surface area contributed by atoms with E-state index >= 15 is 0 Å². The fraction of sp³-hybridized carbons (Fsp3) is 0.588. The van der Waals surface area contributed by atoms with Crippen LogP contribution in [0.1, 0.15) is 44.1 Å². The Kier molecular flexibility index (Phi) is 6.06. The Labute approximate surface area is 122 Å². The highest BCUT2D eigenvalue weighted by atomic mass is 16.1. The first-order chi connectivity index (χ1) is 9.81. The third-order valence-corrected chi connectivity index (χ3v) is 4.06. The van der Waals surface area contributed by atoms with Crippen molar-refractivity contribution in [1.82, 2.24) is 10.6 Å². The highest BCUT2D eigenvalue weighted by molar-refractivity contribution is 5.83. The summed E-state index contributed by atoms with van der Waals surface area (Å²) in [5.74, 6) is 0.770. The zero-order chi connectivity index (χ0) is 14.2. The third kappa shape index (κ3) is 4.34. The molecule has 2 N–H and O–H groups in total. The van der Waals surface area contributed by atoms with E-state index in [2.05, 4.69) is 29.7 Å². The predicted molar refractivity (Wildman–Crippen MR) is 82.7 cm³/mol. The van der Waals surface area contributed by atoms with Crippen molar-refractivity contribution in [2.75, 3.05) is 19.6 Å². The summed E-state index contributed by atoms with van der Waals surface area (Å²) in [6.45, 7) is 5.09. The molecule has 1 aromatic carbocycles. The van der Waals surface area contributed by atoms with Gasteiger partial charge in [0.2, 0.25) is 5.91 Å². The second kappa shape index (κ2) is 8.05. The molecule has 0 radical (unpaired) electrons. The number of hydrogen-bond acceptors (Lipinski definition) is 2. The number of benzene rings is 1. The van der Waals surface area contributed by atoms with E-state index in [0.29, 0.717) is 5.92 Å². The molecule has 2 unspecified atom stereocenters. The highest BCUT2D eigenvalue weighted by Gasteiger charge is 2.21. The van der Waals surface area contributed by atoms with Crippen molar-refractivity contribution in [3.8, 4) is 0 Å². The molecule has 0 aliphatic carbocycles. The first kappa shape index (κ1) is 15.0. The summed E-state index contributed by atoms with van der Waals surface area (Å²) in [6.07, 6.45) is 4.38. The maximum Gasteiger partial charge on any atom is 0.227 e. The third-order valence-electron chi connectivity index (χ3n) is 4.06. The Morgan fingerprint density at radius 1 is 1.40 bits per heavy atom. The number of piperidine rings is 1. The Balaban J connectivity index is 1.90. The molecule has 1 aliphatic heterocycles. The van der Waals surface area contributed by atoms with Gasteiger partial charge in [0.05, 0.1) is 5.92 Å². The quantitative estimate of drug-likeness (QED) is 0.837. The van der Waals surface area contributed by atoms with Gasteiger partial charge in [0.25, 0.3) is 0 Å². The van der Waals surface area contributed by atoms with Crippen molar-refractivity contribution in [3.05, 3.63) is 35.9 Å². The normalized spacial score (nSPS) is 20.4. The Bertz CT molecular complexity index is 399. The average Bonchev–Trinajstić information content (AvgIpc) is 2.52. The van der Waals surface area contributed by atoms with Crippen molar-refractivity contribution in [1.29, 1.82) is 0 Å². The molecule has 3 heteroatoms. The van der Waals surface area contributed by atoms with Gasteiger partial charge in [-0.2, -0.15) is 0 Å². The average molecular weight is 274 g/mol. The van der Waals surface area contributed by atoms with Gasteiger partial charge in [0.15, 0.2) is 0 Å². The van der Waals surface area contributed by atoms with Gasteiger partial charge in [-0.15, -0.1) is 0 Å². The molecule has 0 saturated carbocycles. The van der Waals surface area contributed by atoms with Crippen molar-refractivity contribution in [2.24, 2.45) is 5.92 Å². The van der Waals surface area contributed by atoms with Gasteiger partial charge >= 0.3 is 0 Å². The van der Waals surface area contributed by atoms with Crippen molar-refractivity contribution < 1.29 is 4.79 Å². The minimum atomic E-state index is -0.00208. The maximum absolute atomic E-state index is 12.4. The summed E-state index contributed by atoms with van der Waals surface area (Å²) in [4.78, 5) is 12.4. The first-order valence-electron chi connectivity index (χ1n) is 7.84. The molecule has 0 spiro atoms. The molecule has 1 fully saturated rings. The van der Waals surface area contributed by atoms with Crippen LogP contribution >= 0.6 is 0 Å². The number of rotatable bonds is 6. The number of amides is 1. The van der Waals surface area contributed by atoms with Gasteiger partial charge in [-0.05, 0) is 43.8 Å². The molecule has 110 valence electrons. The molecule has 3 nitrogen and oxygen atoms in total. The topological polar surface area (TPSA) is 41.1 Å². The minimum Gasteiger partial charge on any atom is -0.355 e. The zero-order valence-electron chi connectivity index (χ0n) is 12.4. The lowest BCUT2D eigenvalue weighted by Crippen LogP contribution is -2.39.